The van der Waals surface area contributed by atoms with E-state index in [1.807, 2.05) is 7.05 Å². The van der Waals surface area contributed by atoms with Crippen molar-refractivity contribution in [2.24, 2.45) is 11.8 Å². The Morgan fingerprint density at radius 2 is 2.00 bits per heavy atom. The standard InChI is InChI=1S/C16H29N/c1-6-12(2)16(10-9-15-7-8-15)14(4)13(3)11-17-5/h6,13,15,17H,7-11H2,1-5H3/b12-6-,16-14+/t13-/m1/s1. The van der Waals surface area contributed by atoms with Crippen molar-refractivity contribution >= 4 is 0 Å². The van der Waals surface area contributed by atoms with Gasteiger partial charge in [-0.05, 0) is 58.1 Å². The van der Waals surface area contributed by atoms with Gasteiger partial charge in [-0.2, -0.15) is 0 Å². The molecule has 1 nitrogen and oxygen atoms in total. The molecule has 0 bridgehead atoms. The fourth-order valence-corrected chi connectivity index (χ4v) is 2.39. The molecule has 0 radical (unpaired) electrons. The van der Waals surface area contributed by atoms with Crippen molar-refractivity contribution in [3.8, 4) is 0 Å². The molecule has 0 aromatic heterocycles. The van der Waals surface area contributed by atoms with Crippen molar-refractivity contribution in [1.29, 1.82) is 0 Å². The molecule has 1 aliphatic carbocycles. The molecule has 0 spiro atoms. The molecule has 1 aliphatic rings. The molecule has 0 saturated heterocycles. The van der Waals surface area contributed by atoms with Crippen molar-refractivity contribution in [2.75, 3.05) is 13.6 Å². The van der Waals surface area contributed by atoms with Gasteiger partial charge < -0.3 is 5.32 Å². The van der Waals surface area contributed by atoms with Crippen LogP contribution < -0.4 is 5.32 Å². The number of rotatable bonds is 7. The molecular weight excluding hydrogens is 206 g/mol. The lowest BCUT2D eigenvalue weighted by Crippen LogP contribution is -2.18. The second-order valence-electron chi connectivity index (χ2n) is 5.57. The predicted molar refractivity (Wildman–Crippen MR) is 77.2 cm³/mol. The fourth-order valence-electron chi connectivity index (χ4n) is 2.39. The third kappa shape index (κ3) is 4.67. The Kier molecular flexibility index (Phi) is 5.97. The highest BCUT2D eigenvalue weighted by Crippen LogP contribution is 2.36. The van der Waals surface area contributed by atoms with Crippen molar-refractivity contribution in [2.45, 2.75) is 53.4 Å². The zero-order chi connectivity index (χ0) is 12.8. The molecule has 1 saturated carbocycles. The van der Waals surface area contributed by atoms with Crippen molar-refractivity contribution in [3.05, 3.63) is 22.8 Å². The van der Waals surface area contributed by atoms with Gasteiger partial charge in [-0.15, -0.1) is 0 Å². The van der Waals surface area contributed by atoms with Crippen molar-refractivity contribution < 1.29 is 0 Å². The van der Waals surface area contributed by atoms with E-state index in [0.29, 0.717) is 5.92 Å². The van der Waals surface area contributed by atoms with Crippen LogP contribution in [0.3, 0.4) is 0 Å². The van der Waals surface area contributed by atoms with E-state index in [4.69, 9.17) is 0 Å². The van der Waals surface area contributed by atoms with Crippen LogP contribution in [0, 0.1) is 11.8 Å². The van der Waals surface area contributed by atoms with Crippen LogP contribution in [-0.4, -0.2) is 13.6 Å². The van der Waals surface area contributed by atoms with Crippen LogP contribution >= 0.6 is 0 Å². The van der Waals surface area contributed by atoms with Gasteiger partial charge in [0.15, 0.2) is 0 Å². The predicted octanol–water partition coefficient (Wildman–Crippen LogP) is 4.31. The first-order valence-corrected chi connectivity index (χ1v) is 7.07. The van der Waals surface area contributed by atoms with Crippen LogP contribution in [0.25, 0.3) is 0 Å². The minimum absolute atomic E-state index is 0.643. The van der Waals surface area contributed by atoms with Gasteiger partial charge in [0, 0.05) is 6.54 Å². The maximum atomic E-state index is 3.28. The summed E-state index contributed by atoms with van der Waals surface area (Å²) in [5.74, 6) is 1.67. The monoisotopic (exact) mass is 235 g/mol. The molecule has 1 N–H and O–H groups in total. The molecule has 1 heteroatoms. The first-order chi connectivity index (χ1) is 8.10. The van der Waals surface area contributed by atoms with Gasteiger partial charge in [0.1, 0.15) is 0 Å². The van der Waals surface area contributed by atoms with Crippen LogP contribution in [0.1, 0.15) is 53.4 Å². The molecular formula is C16H29N. The number of hydrogen-bond acceptors (Lipinski definition) is 1. The summed E-state index contributed by atoms with van der Waals surface area (Å²) in [7, 11) is 2.04. The van der Waals surface area contributed by atoms with E-state index in [1.165, 1.54) is 31.3 Å². The molecule has 1 atom stereocenters. The Morgan fingerprint density at radius 3 is 2.47 bits per heavy atom. The molecule has 17 heavy (non-hydrogen) atoms. The Labute approximate surface area is 107 Å². The smallest absolute Gasteiger partial charge is 0.00113 e. The minimum Gasteiger partial charge on any atom is -0.319 e. The van der Waals surface area contributed by atoms with Crippen LogP contribution in [0.2, 0.25) is 0 Å². The fraction of sp³-hybridized carbons (Fsp3) is 0.750. The summed E-state index contributed by atoms with van der Waals surface area (Å²) < 4.78 is 0. The summed E-state index contributed by atoms with van der Waals surface area (Å²) in [6.07, 6.45) is 7.86. The highest BCUT2D eigenvalue weighted by atomic mass is 14.8. The molecule has 0 unspecified atom stereocenters. The largest absolute Gasteiger partial charge is 0.319 e. The third-order valence-electron chi connectivity index (χ3n) is 4.13. The molecule has 0 aromatic rings. The highest BCUT2D eigenvalue weighted by molar-refractivity contribution is 5.34. The molecule has 1 fully saturated rings. The van der Waals surface area contributed by atoms with Crippen molar-refractivity contribution in [1.82, 2.24) is 5.32 Å². The second kappa shape index (κ2) is 7.00. The van der Waals surface area contributed by atoms with Crippen LogP contribution in [-0.2, 0) is 0 Å². The highest BCUT2D eigenvalue weighted by Gasteiger charge is 2.22. The number of hydrogen-bond donors (Lipinski definition) is 1. The zero-order valence-electron chi connectivity index (χ0n) is 12.3. The van der Waals surface area contributed by atoms with Crippen LogP contribution in [0.4, 0.5) is 0 Å². The van der Waals surface area contributed by atoms with Gasteiger partial charge in [0.25, 0.3) is 0 Å². The third-order valence-corrected chi connectivity index (χ3v) is 4.13. The Hall–Kier alpha value is -0.560. The summed E-state index contributed by atoms with van der Waals surface area (Å²) >= 11 is 0. The normalized spacial score (nSPS) is 20.2. The molecule has 0 heterocycles. The average molecular weight is 235 g/mol. The summed E-state index contributed by atoms with van der Waals surface area (Å²) in [4.78, 5) is 0. The van der Waals surface area contributed by atoms with Gasteiger partial charge in [-0.3, -0.25) is 0 Å². The van der Waals surface area contributed by atoms with E-state index >= 15 is 0 Å². The van der Waals surface area contributed by atoms with E-state index in [0.717, 1.165) is 12.5 Å². The SMILES string of the molecule is C/C=C(C)\C(CCC1CC1)=C(/C)[C@H](C)CNC. The first-order valence-electron chi connectivity index (χ1n) is 7.07. The van der Waals surface area contributed by atoms with E-state index in [1.54, 1.807) is 11.1 Å². The van der Waals surface area contributed by atoms with E-state index < -0.39 is 0 Å². The topological polar surface area (TPSA) is 12.0 Å². The first kappa shape index (κ1) is 14.5. The van der Waals surface area contributed by atoms with E-state index in [9.17, 15) is 0 Å². The van der Waals surface area contributed by atoms with Gasteiger partial charge >= 0.3 is 0 Å². The van der Waals surface area contributed by atoms with Gasteiger partial charge in [0.05, 0.1) is 0 Å². The zero-order valence-corrected chi connectivity index (χ0v) is 12.3. The summed E-state index contributed by atoms with van der Waals surface area (Å²) in [5, 5.41) is 3.28. The summed E-state index contributed by atoms with van der Waals surface area (Å²) in [5.41, 5.74) is 4.67. The summed E-state index contributed by atoms with van der Waals surface area (Å²) in [6, 6.07) is 0. The lowest BCUT2D eigenvalue weighted by atomic mass is 9.89. The number of allylic oxidation sites excluding steroid dienone is 3. The average Bonchev–Trinajstić information content (AvgIpc) is 3.12. The van der Waals surface area contributed by atoms with Gasteiger partial charge in [0.2, 0.25) is 0 Å². The van der Waals surface area contributed by atoms with E-state index in [2.05, 4.69) is 39.1 Å². The lowest BCUT2D eigenvalue weighted by Gasteiger charge is -2.19. The van der Waals surface area contributed by atoms with Crippen molar-refractivity contribution in [3.63, 3.8) is 0 Å². The van der Waals surface area contributed by atoms with E-state index in [-0.39, 0.29) is 0 Å². The van der Waals surface area contributed by atoms with Crippen LogP contribution in [0.15, 0.2) is 22.8 Å². The molecule has 1 rings (SSSR count). The Bertz CT molecular complexity index is 295. The number of nitrogens with one attached hydrogen (secondary N) is 1. The maximum absolute atomic E-state index is 3.28. The lowest BCUT2D eigenvalue weighted by molar-refractivity contribution is 0.606. The quantitative estimate of drug-likeness (QED) is 0.648. The Morgan fingerprint density at radius 1 is 1.35 bits per heavy atom. The second-order valence-corrected chi connectivity index (χ2v) is 5.57. The molecule has 98 valence electrons. The van der Waals surface area contributed by atoms with Crippen LogP contribution in [0.5, 0.6) is 0 Å². The molecule has 0 aliphatic heterocycles. The van der Waals surface area contributed by atoms with Gasteiger partial charge in [-0.25, -0.2) is 0 Å². The molecule has 0 amide bonds. The van der Waals surface area contributed by atoms with Gasteiger partial charge in [-0.1, -0.05) is 37.0 Å². The summed E-state index contributed by atoms with van der Waals surface area (Å²) in [6.45, 7) is 10.1. The Balaban J connectivity index is 2.73. The molecule has 0 aromatic carbocycles. The maximum Gasteiger partial charge on any atom is 0.00113 e. The minimum atomic E-state index is 0.643.